The number of pyridine rings is 3. The Morgan fingerprint density at radius 1 is 0.677 bits per heavy atom. The van der Waals surface area contributed by atoms with Crippen molar-refractivity contribution >= 4 is 11.6 Å². The molecule has 0 radical (unpaired) electrons. The molecule has 6 heterocycles. The lowest BCUT2D eigenvalue weighted by Crippen LogP contribution is -2.23. The summed E-state index contributed by atoms with van der Waals surface area (Å²) in [6.45, 7) is 1.68. The van der Waals surface area contributed by atoms with Crippen LogP contribution in [0.15, 0.2) is 131 Å². The van der Waals surface area contributed by atoms with Crippen LogP contribution in [0.3, 0.4) is 0 Å². The molecule has 9 rings (SSSR count). The van der Waals surface area contributed by atoms with Crippen molar-refractivity contribution in [1.82, 2.24) is 45.0 Å². The Labute approximate surface area is 367 Å². The van der Waals surface area contributed by atoms with Crippen LogP contribution in [0, 0.1) is 12.7 Å². The monoisotopic (exact) mass is 903 g/mol. The van der Waals surface area contributed by atoms with Crippen LogP contribution in [0.5, 0.6) is 0 Å². The molecule has 0 aliphatic heterocycles. The van der Waals surface area contributed by atoms with E-state index < -0.39 is 28.7 Å². The van der Waals surface area contributed by atoms with Gasteiger partial charge in [-0.25, -0.2) is 4.39 Å². The minimum absolute atomic E-state index is 0.0539. The zero-order valence-corrected chi connectivity index (χ0v) is 34.4. The molecule has 15 nitrogen and oxygen atoms in total. The van der Waals surface area contributed by atoms with Gasteiger partial charge in [0.2, 0.25) is 40.7 Å². The van der Waals surface area contributed by atoms with Gasteiger partial charge in [0.1, 0.15) is 5.82 Å². The molecule has 6 aromatic heterocycles. The molecule has 0 fully saturated rings. The van der Waals surface area contributed by atoms with Gasteiger partial charge in [-0.1, -0.05) is 63.5 Å². The van der Waals surface area contributed by atoms with Crippen LogP contribution >= 0.6 is 11.6 Å². The molecule has 0 aliphatic rings. The second kappa shape index (κ2) is 17.2. The molecule has 0 spiro atoms. The third-order valence-electron chi connectivity index (χ3n) is 10.3. The summed E-state index contributed by atoms with van der Waals surface area (Å²) in [5.41, 5.74) is 2.31. The minimum Gasteiger partial charge on any atom is -0.339 e. The number of halogens is 5. The number of nitrogens with zero attached hydrogens (tertiary/aromatic N) is 7. The van der Waals surface area contributed by atoms with Gasteiger partial charge < -0.3 is 28.1 Å². The number of hydrogen-bond acceptors (Lipinski definition) is 12. The molecule has 0 saturated heterocycles. The number of aryl methyl sites for hydroxylation is 1. The largest absolute Gasteiger partial charge is 0.416 e. The fourth-order valence-corrected chi connectivity index (χ4v) is 7.24. The standard InChI is InChI=1S/C45H30ClF4N9O6/c1-23-5-6-25(14-32(23)31-9-10-34(46)33(40(31)47)18-38-55-41(56-65-38)26-7-11-35(60)51-19-26)16-37-54-43(58-64-37)28-17-29(44(62)52-20-28)22-59-21-27(8-12-39(59)61)42-53-36(63-57-42)15-24-3-2-4-30(13-24)45(48,49)50/h2-14,17,19-21H,15-16,18,22H2,1H3,(H,51,60)(H,52,62). The maximum Gasteiger partial charge on any atom is 0.416 e. The van der Waals surface area contributed by atoms with Gasteiger partial charge in [-0.15, -0.1) is 0 Å². The van der Waals surface area contributed by atoms with Crippen LogP contribution in [-0.4, -0.2) is 45.0 Å². The molecule has 65 heavy (non-hydrogen) atoms. The highest BCUT2D eigenvalue weighted by Gasteiger charge is 2.30. The first-order valence-corrected chi connectivity index (χ1v) is 19.9. The molecule has 0 bridgehead atoms. The van der Waals surface area contributed by atoms with Crippen LogP contribution in [0.25, 0.3) is 45.3 Å². The van der Waals surface area contributed by atoms with Gasteiger partial charge in [-0.3, -0.25) is 14.4 Å². The molecule has 0 unspecified atom stereocenters. The molecule has 0 saturated carbocycles. The van der Waals surface area contributed by atoms with Crippen molar-refractivity contribution in [2.24, 2.45) is 0 Å². The summed E-state index contributed by atoms with van der Waals surface area (Å²) in [5, 5.41) is 12.2. The van der Waals surface area contributed by atoms with E-state index in [2.05, 4.69) is 40.4 Å². The summed E-state index contributed by atoms with van der Waals surface area (Å²) >= 11 is 6.48. The van der Waals surface area contributed by atoms with Gasteiger partial charge in [0, 0.05) is 69.1 Å². The fraction of sp³-hybridized carbons (Fsp3) is 0.133. The third kappa shape index (κ3) is 9.21. The van der Waals surface area contributed by atoms with Gasteiger partial charge in [0.05, 0.1) is 31.4 Å². The smallest absolute Gasteiger partial charge is 0.339 e. The van der Waals surface area contributed by atoms with Crippen molar-refractivity contribution in [3.63, 3.8) is 0 Å². The summed E-state index contributed by atoms with van der Waals surface area (Å²) < 4.78 is 73.4. The number of nitrogens with one attached hydrogen (secondary N) is 2. The molecular weight excluding hydrogens is 874 g/mol. The van der Waals surface area contributed by atoms with E-state index in [4.69, 9.17) is 25.2 Å². The first kappa shape index (κ1) is 42.3. The van der Waals surface area contributed by atoms with Crippen LogP contribution in [0.1, 0.15) is 51.1 Å². The Morgan fingerprint density at radius 2 is 1.32 bits per heavy atom. The highest BCUT2D eigenvalue weighted by atomic mass is 35.5. The average Bonchev–Trinajstić information content (AvgIpc) is 4.07. The van der Waals surface area contributed by atoms with E-state index in [0.29, 0.717) is 27.8 Å². The SMILES string of the molecule is Cc1ccc(Cc2nc(-c3c[nH]c(=O)c(Cn4cc(-c5noc(Cc6cccc(C(F)(F)F)c6)n5)ccc4=O)c3)no2)cc1-c1ccc(Cl)c(Cc2nc(-c3ccc(=O)[nH]c3)no2)c1F. The fourth-order valence-electron chi connectivity index (χ4n) is 7.02. The summed E-state index contributed by atoms with van der Waals surface area (Å²) in [5.74, 6) is 0.303. The van der Waals surface area contributed by atoms with E-state index in [1.54, 1.807) is 18.2 Å². The van der Waals surface area contributed by atoms with E-state index in [1.165, 1.54) is 59.6 Å². The topological polar surface area (TPSA) is 204 Å². The van der Waals surface area contributed by atoms with Crippen molar-refractivity contribution < 1.29 is 31.1 Å². The second-order valence-corrected chi connectivity index (χ2v) is 15.3. The van der Waals surface area contributed by atoms with Gasteiger partial charge in [-0.2, -0.15) is 28.1 Å². The lowest BCUT2D eigenvalue weighted by atomic mass is 9.94. The Bertz CT molecular complexity index is 3410. The maximum absolute atomic E-state index is 16.3. The van der Waals surface area contributed by atoms with E-state index in [0.717, 1.165) is 23.3 Å². The van der Waals surface area contributed by atoms with E-state index in [-0.39, 0.29) is 88.2 Å². The summed E-state index contributed by atoms with van der Waals surface area (Å²) in [7, 11) is 0. The number of hydrogen-bond donors (Lipinski definition) is 2. The average molecular weight is 904 g/mol. The number of benzene rings is 3. The Kier molecular flexibility index (Phi) is 11.2. The van der Waals surface area contributed by atoms with Gasteiger partial charge >= 0.3 is 6.18 Å². The van der Waals surface area contributed by atoms with Gasteiger partial charge in [0.25, 0.3) is 11.1 Å². The minimum atomic E-state index is -4.51. The quantitative estimate of drug-likeness (QED) is 0.112. The number of H-pyrrole nitrogens is 2. The Hall–Kier alpha value is -8.06. The predicted octanol–water partition coefficient (Wildman–Crippen LogP) is 7.98. The molecule has 20 heteroatoms. The summed E-state index contributed by atoms with van der Waals surface area (Å²) in [4.78, 5) is 55.7. The van der Waals surface area contributed by atoms with Crippen LogP contribution < -0.4 is 16.7 Å². The number of alkyl halides is 3. The Balaban J connectivity index is 0.902. The normalized spacial score (nSPS) is 11.7. The van der Waals surface area contributed by atoms with Crippen LogP contribution in [0.2, 0.25) is 5.02 Å². The van der Waals surface area contributed by atoms with E-state index in [9.17, 15) is 27.6 Å². The zero-order chi connectivity index (χ0) is 45.4. The highest BCUT2D eigenvalue weighted by molar-refractivity contribution is 6.31. The maximum atomic E-state index is 16.3. The molecule has 0 amide bonds. The van der Waals surface area contributed by atoms with Crippen molar-refractivity contribution in [1.29, 1.82) is 0 Å². The number of rotatable bonds is 12. The molecule has 3 aromatic carbocycles. The number of aromatic nitrogens is 9. The molecule has 9 aromatic rings. The number of aromatic amines is 2. The molecule has 326 valence electrons. The van der Waals surface area contributed by atoms with E-state index >= 15 is 4.39 Å². The van der Waals surface area contributed by atoms with Crippen molar-refractivity contribution in [2.45, 2.75) is 38.9 Å². The molecular formula is C45H30ClF4N9O6. The molecule has 0 atom stereocenters. The second-order valence-electron chi connectivity index (χ2n) is 14.9. The van der Waals surface area contributed by atoms with Crippen molar-refractivity contribution in [3.8, 4) is 45.3 Å². The molecule has 2 N–H and O–H groups in total. The van der Waals surface area contributed by atoms with Crippen LogP contribution in [0.4, 0.5) is 17.6 Å². The highest BCUT2D eigenvalue weighted by Crippen LogP contribution is 2.34. The van der Waals surface area contributed by atoms with E-state index in [1.807, 2.05) is 25.1 Å². The zero-order valence-electron chi connectivity index (χ0n) is 33.6. The first-order chi connectivity index (χ1) is 31.2. The van der Waals surface area contributed by atoms with Gasteiger partial charge in [0.15, 0.2) is 0 Å². The lowest BCUT2D eigenvalue weighted by molar-refractivity contribution is -0.137. The molecule has 0 aliphatic carbocycles. The third-order valence-corrected chi connectivity index (χ3v) is 10.7. The summed E-state index contributed by atoms with van der Waals surface area (Å²) in [6.07, 6.45) is -0.183. The lowest BCUT2D eigenvalue weighted by Gasteiger charge is -2.13. The van der Waals surface area contributed by atoms with Gasteiger partial charge in [-0.05, 0) is 65.6 Å². The summed E-state index contributed by atoms with van der Waals surface area (Å²) in [6, 6.07) is 20.6. The van der Waals surface area contributed by atoms with Crippen molar-refractivity contribution in [2.75, 3.05) is 0 Å². The van der Waals surface area contributed by atoms with Crippen LogP contribution in [-0.2, 0) is 32.0 Å². The predicted molar refractivity (Wildman–Crippen MR) is 225 cm³/mol. The first-order valence-electron chi connectivity index (χ1n) is 19.6. The van der Waals surface area contributed by atoms with Crippen molar-refractivity contribution in [3.05, 3.63) is 196 Å². The Morgan fingerprint density at radius 3 is 2.02 bits per heavy atom.